The van der Waals surface area contributed by atoms with E-state index in [0.29, 0.717) is 35.5 Å². The van der Waals surface area contributed by atoms with E-state index >= 15 is 9.59 Å². The number of hydrogen-bond donors (Lipinski definition) is 1. The summed E-state index contributed by atoms with van der Waals surface area (Å²) in [6.07, 6.45) is 3.53. The van der Waals surface area contributed by atoms with Crippen molar-refractivity contribution in [3.63, 3.8) is 0 Å². The molecule has 3 aliphatic rings. The highest BCUT2D eigenvalue weighted by molar-refractivity contribution is 6.34. The number of halogens is 1. The first-order valence-corrected chi connectivity index (χ1v) is 19.3. The van der Waals surface area contributed by atoms with Crippen LogP contribution in [0.2, 0.25) is 5.02 Å². The lowest BCUT2D eigenvalue weighted by Crippen LogP contribution is -2.59. The van der Waals surface area contributed by atoms with Gasteiger partial charge in [0, 0.05) is 20.0 Å². The number of esters is 1. The summed E-state index contributed by atoms with van der Waals surface area (Å²) < 4.78 is 13.2. The third kappa shape index (κ3) is 7.47. The first-order chi connectivity index (χ1) is 26.5. The molecule has 3 saturated heterocycles. The molecule has 0 radical (unpaired) electrons. The maximum absolute atomic E-state index is 15.2. The van der Waals surface area contributed by atoms with Gasteiger partial charge in [0.25, 0.3) is 5.91 Å². The number of ether oxygens (including phenoxy) is 2. The van der Waals surface area contributed by atoms with Crippen molar-refractivity contribution in [3.8, 4) is 0 Å². The van der Waals surface area contributed by atoms with E-state index in [1.165, 1.54) is 9.80 Å². The van der Waals surface area contributed by atoms with Crippen LogP contribution in [0.3, 0.4) is 0 Å². The number of fused-ring (bicyclic) bond motifs is 1. The Bertz CT molecular complexity index is 1890. The molecule has 290 valence electrons. The van der Waals surface area contributed by atoms with Crippen molar-refractivity contribution in [1.29, 1.82) is 0 Å². The number of para-hydroxylation sites is 1. The summed E-state index contributed by atoms with van der Waals surface area (Å²) in [4.78, 5) is 62.7. The standard InChI is InChI=1S/C44H50ClN3O7/c1-6-8-22-35(50)46(5)29(4)39(31-19-13-10-14-20-31)54-43(53)36-34-23-24-44(55-34)37(36)41(51)48(32(27-49)26-30-17-11-9-12-18-30)40(44)42(52)47(25-7-2)38-28(3)16-15-21-33(38)45/h6-7,9-21,29,32,34,36-37,39-40,49H,1-2,8,22-27H2,3-5H3/t29-,32+,34+,36-,37-,39+,40+,44-/m0/s1. The van der Waals surface area contributed by atoms with Crippen LogP contribution in [0, 0.1) is 18.8 Å². The zero-order chi connectivity index (χ0) is 39.4. The number of aryl methyl sites for hydroxylation is 1. The quantitative estimate of drug-likeness (QED) is 0.136. The number of rotatable bonds is 16. The lowest BCUT2D eigenvalue weighted by molar-refractivity contribution is -0.165. The smallest absolute Gasteiger partial charge is 0.313 e. The Morgan fingerprint density at radius 2 is 1.75 bits per heavy atom. The molecule has 1 N–H and O–H groups in total. The van der Waals surface area contributed by atoms with Gasteiger partial charge in [-0.2, -0.15) is 0 Å². The molecule has 3 amide bonds. The first-order valence-electron chi connectivity index (χ1n) is 18.9. The molecule has 0 unspecified atom stereocenters. The number of likely N-dealkylation sites (tertiary alicyclic amines) is 1. The average Bonchev–Trinajstić information content (AvgIpc) is 3.84. The second kappa shape index (κ2) is 16.9. The Kier molecular flexibility index (Phi) is 12.3. The zero-order valence-electron chi connectivity index (χ0n) is 31.7. The second-order valence-electron chi connectivity index (χ2n) is 14.8. The minimum absolute atomic E-state index is 0.0930. The van der Waals surface area contributed by atoms with Crippen molar-refractivity contribution in [2.24, 2.45) is 11.8 Å². The molecule has 10 nitrogen and oxygen atoms in total. The Morgan fingerprint density at radius 3 is 2.38 bits per heavy atom. The van der Waals surface area contributed by atoms with Crippen LogP contribution < -0.4 is 4.90 Å². The molecule has 55 heavy (non-hydrogen) atoms. The van der Waals surface area contributed by atoms with Gasteiger partial charge in [0.15, 0.2) is 0 Å². The number of hydrogen-bond acceptors (Lipinski definition) is 7. The molecule has 0 aromatic heterocycles. The number of amides is 3. The highest BCUT2D eigenvalue weighted by Crippen LogP contribution is 2.59. The van der Waals surface area contributed by atoms with Gasteiger partial charge in [-0.3, -0.25) is 19.2 Å². The Hall–Kier alpha value is -4.77. The molecular formula is C44H50ClN3O7. The number of likely N-dealkylation sites (N-methyl/N-ethyl adjacent to an activating group) is 1. The fourth-order valence-corrected chi connectivity index (χ4v) is 9.15. The van der Waals surface area contributed by atoms with Crippen LogP contribution in [0.15, 0.2) is 104 Å². The predicted molar refractivity (Wildman–Crippen MR) is 211 cm³/mol. The summed E-state index contributed by atoms with van der Waals surface area (Å²) in [5, 5.41) is 11.3. The summed E-state index contributed by atoms with van der Waals surface area (Å²) >= 11 is 6.75. The van der Waals surface area contributed by atoms with Gasteiger partial charge >= 0.3 is 5.97 Å². The molecule has 3 aromatic rings. The fraction of sp³-hybridized carbons (Fsp3) is 0.409. The molecule has 1 spiro atoms. The number of allylic oxidation sites excluding steroid dienone is 1. The molecule has 0 aliphatic carbocycles. The first kappa shape index (κ1) is 39.9. The molecule has 6 rings (SSSR count). The van der Waals surface area contributed by atoms with Gasteiger partial charge in [-0.15, -0.1) is 13.2 Å². The lowest BCUT2D eigenvalue weighted by Gasteiger charge is -2.39. The van der Waals surface area contributed by atoms with Gasteiger partial charge in [-0.05, 0) is 62.3 Å². The SMILES string of the molecule is C=CCCC(=O)N(C)[C@@H](C)[C@@H](OC(=O)[C@@H]1[C@H]2C(=O)N([C@@H](CO)Cc3ccccc3)[C@H](C(=O)N(CC=C)c3c(C)cccc3Cl)[C@]23CC[C@H]1O3)c1ccccc1. The van der Waals surface area contributed by atoms with E-state index in [-0.39, 0.29) is 25.3 Å². The van der Waals surface area contributed by atoms with Crippen LogP contribution in [-0.4, -0.2) is 88.6 Å². The van der Waals surface area contributed by atoms with E-state index < -0.39 is 72.2 Å². The molecule has 2 bridgehead atoms. The van der Waals surface area contributed by atoms with Gasteiger partial charge < -0.3 is 29.3 Å². The normalized spacial score (nSPS) is 24.1. The van der Waals surface area contributed by atoms with Gasteiger partial charge in [0.05, 0.1) is 47.3 Å². The Morgan fingerprint density at radius 1 is 1.05 bits per heavy atom. The third-order valence-corrected chi connectivity index (χ3v) is 11.9. The molecule has 3 heterocycles. The number of benzene rings is 3. The summed E-state index contributed by atoms with van der Waals surface area (Å²) in [6.45, 7) is 11.0. The maximum Gasteiger partial charge on any atom is 0.313 e. The van der Waals surface area contributed by atoms with Crippen LogP contribution >= 0.6 is 11.6 Å². The van der Waals surface area contributed by atoms with Crippen molar-refractivity contribution >= 4 is 41.0 Å². The summed E-state index contributed by atoms with van der Waals surface area (Å²) in [5.41, 5.74) is 1.42. The molecule has 8 atom stereocenters. The topological polar surface area (TPSA) is 117 Å². The third-order valence-electron chi connectivity index (χ3n) is 11.6. The van der Waals surface area contributed by atoms with E-state index in [9.17, 15) is 14.7 Å². The van der Waals surface area contributed by atoms with Gasteiger partial charge in [0.2, 0.25) is 11.8 Å². The molecule has 3 fully saturated rings. The lowest BCUT2D eigenvalue weighted by atomic mass is 9.70. The van der Waals surface area contributed by atoms with Crippen LogP contribution in [0.25, 0.3) is 0 Å². The number of aliphatic hydroxyl groups excluding tert-OH is 1. The molecule has 3 aliphatic heterocycles. The summed E-state index contributed by atoms with van der Waals surface area (Å²) in [6, 6.07) is 21.5. The summed E-state index contributed by atoms with van der Waals surface area (Å²) in [5.74, 6) is -3.75. The Balaban J connectivity index is 1.40. The molecule has 11 heteroatoms. The van der Waals surface area contributed by atoms with Crippen molar-refractivity contribution < 1.29 is 33.8 Å². The molecule has 3 aromatic carbocycles. The van der Waals surface area contributed by atoms with Crippen molar-refractivity contribution in [2.45, 2.75) is 81.9 Å². The largest absolute Gasteiger partial charge is 0.455 e. The zero-order valence-corrected chi connectivity index (χ0v) is 32.4. The van der Waals surface area contributed by atoms with E-state index in [1.54, 1.807) is 36.2 Å². The van der Waals surface area contributed by atoms with E-state index in [0.717, 1.165) is 11.1 Å². The van der Waals surface area contributed by atoms with Gasteiger partial charge in [0.1, 0.15) is 17.7 Å². The van der Waals surface area contributed by atoms with Gasteiger partial charge in [-0.25, -0.2) is 0 Å². The number of carbonyl (C=O) groups is 4. The highest BCUT2D eigenvalue weighted by Gasteiger charge is 2.76. The Labute approximate surface area is 328 Å². The van der Waals surface area contributed by atoms with E-state index in [2.05, 4.69) is 13.2 Å². The van der Waals surface area contributed by atoms with Crippen molar-refractivity contribution in [1.82, 2.24) is 9.80 Å². The second-order valence-corrected chi connectivity index (χ2v) is 15.2. The minimum atomic E-state index is -1.38. The van der Waals surface area contributed by atoms with Crippen LogP contribution in [-0.2, 0) is 35.1 Å². The van der Waals surface area contributed by atoms with E-state index in [4.69, 9.17) is 21.1 Å². The monoisotopic (exact) mass is 767 g/mol. The van der Waals surface area contributed by atoms with Crippen LogP contribution in [0.4, 0.5) is 5.69 Å². The molecular weight excluding hydrogens is 718 g/mol. The average molecular weight is 768 g/mol. The van der Waals surface area contributed by atoms with Crippen LogP contribution in [0.5, 0.6) is 0 Å². The van der Waals surface area contributed by atoms with Crippen molar-refractivity contribution in [2.75, 3.05) is 25.1 Å². The number of carbonyl (C=O) groups excluding carboxylic acids is 4. The van der Waals surface area contributed by atoms with Crippen LogP contribution in [0.1, 0.15) is 55.4 Å². The molecule has 0 saturated carbocycles. The minimum Gasteiger partial charge on any atom is -0.455 e. The maximum atomic E-state index is 15.2. The number of aliphatic hydroxyl groups is 1. The van der Waals surface area contributed by atoms with E-state index in [1.807, 2.05) is 80.6 Å². The highest BCUT2D eigenvalue weighted by atomic mass is 35.5. The van der Waals surface area contributed by atoms with Crippen molar-refractivity contribution in [3.05, 3.63) is 126 Å². The fourth-order valence-electron chi connectivity index (χ4n) is 8.83. The van der Waals surface area contributed by atoms with Gasteiger partial charge in [-0.1, -0.05) is 96.5 Å². The number of anilines is 1. The number of nitrogens with zero attached hydrogens (tertiary/aromatic N) is 3. The summed E-state index contributed by atoms with van der Waals surface area (Å²) in [7, 11) is 1.68. The predicted octanol–water partition coefficient (Wildman–Crippen LogP) is 6.24.